The highest BCUT2D eigenvalue weighted by molar-refractivity contribution is 5.76. The molecule has 0 aliphatic heterocycles. The summed E-state index contributed by atoms with van der Waals surface area (Å²) in [7, 11) is 0. The molecule has 1 unspecified atom stereocenters. The van der Waals surface area contributed by atoms with E-state index in [0.29, 0.717) is 13.2 Å². The lowest BCUT2D eigenvalue weighted by Gasteiger charge is -2.13. The summed E-state index contributed by atoms with van der Waals surface area (Å²) in [5.74, 6) is -0.227. The van der Waals surface area contributed by atoms with E-state index in [9.17, 15) is 9.59 Å². The Hall–Kier alpha value is -2.04. The number of rotatable bonds is 9. The standard InChI is InChI=1S/C16H23NO4/c1-3-13(10-16(19)20)11-17-15(18)7-8-21-14-6-4-5-12(2)9-14/h4-6,9,13H,3,7-8,10-11H2,1-2H3,(H,17,18)(H,19,20). The van der Waals surface area contributed by atoms with Gasteiger partial charge in [0.1, 0.15) is 5.75 Å². The minimum Gasteiger partial charge on any atom is -0.493 e. The molecule has 0 bridgehead atoms. The van der Waals surface area contributed by atoms with E-state index in [0.717, 1.165) is 17.7 Å². The second-order valence-corrected chi connectivity index (χ2v) is 5.09. The van der Waals surface area contributed by atoms with Crippen molar-refractivity contribution in [3.63, 3.8) is 0 Å². The van der Waals surface area contributed by atoms with Crippen molar-refractivity contribution in [1.82, 2.24) is 5.32 Å². The zero-order chi connectivity index (χ0) is 15.7. The van der Waals surface area contributed by atoms with Crippen LogP contribution in [-0.2, 0) is 9.59 Å². The van der Waals surface area contributed by atoms with Gasteiger partial charge in [0.05, 0.1) is 13.0 Å². The van der Waals surface area contributed by atoms with Gasteiger partial charge in [0.2, 0.25) is 5.91 Å². The molecule has 5 heteroatoms. The summed E-state index contributed by atoms with van der Waals surface area (Å²) >= 11 is 0. The van der Waals surface area contributed by atoms with Crippen LogP contribution in [0.5, 0.6) is 5.75 Å². The van der Waals surface area contributed by atoms with Crippen LogP contribution in [-0.4, -0.2) is 30.1 Å². The number of benzene rings is 1. The molecule has 116 valence electrons. The topological polar surface area (TPSA) is 75.6 Å². The Bertz CT molecular complexity index is 473. The molecule has 0 saturated heterocycles. The SMILES string of the molecule is CCC(CNC(=O)CCOc1cccc(C)c1)CC(=O)O. The van der Waals surface area contributed by atoms with Gasteiger partial charge in [-0.2, -0.15) is 0 Å². The van der Waals surface area contributed by atoms with Gasteiger partial charge in [0.25, 0.3) is 0 Å². The van der Waals surface area contributed by atoms with Gasteiger partial charge in [-0.1, -0.05) is 25.5 Å². The third kappa shape index (κ3) is 7.34. The smallest absolute Gasteiger partial charge is 0.303 e. The number of carbonyl (C=O) groups excluding carboxylic acids is 1. The molecule has 2 N–H and O–H groups in total. The van der Waals surface area contributed by atoms with E-state index in [1.165, 1.54) is 0 Å². The highest BCUT2D eigenvalue weighted by Crippen LogP contribution is 2.12. The summed E-state index contributed by atoms with van der Waals surface area (Å²) in [6.07, 6.45) is 1.07. The molecule has 5 nitrogen and oxygen atoms in total. The Balaban J connectivity index is 2.23. The summed E-state index contributed by atoms with van der Waals surface area (Å²) < 4.78 is 5.50. The summed E-state index contributed by atoms with van der Waals surface area (Å²) in [6, 6.07) is 7.65. The van der Waals surface area contributed by atoms with Gasteiger partial charge in [0, 0.05) is 13.0 Å². The molecule has 0 aromatic heterocycles. The van der Waals surface area contributed by atoms with Crippen LogP contribution < -0.4 is 10.1 Å². The maximum absolute atomic E-state index is 11.7. The summed E-state index contributed by atoms with van der Waals surface area (Å²) in [5, 5.41) is 11.5. The van der Waals surface area contributed by atoms with Crippen molar-refractivity contribution in [2.24, 2.45) is 5.92 Å². The van der Waals surface area contributed by atoms with Crippen molar-refractivity contribution in [3.8, 4) is 5.75 Å². The molecule has 0 spiro atoms. The fourth-order valence-corrected chi connectivity index (χ4v) is 1.92. The predicted molar refractivity (Wildman–Crippen MR) is 80.3 cm³/mol. The molecule has 0 saturated carbocycles. The monoisotopic (exact) mass is 293 g/mol. The van der Waals surface area contributed by atoms with Crippen molar-refractivity contribution in [2.75, 3.05) is 13.2 Å². The van der Waals surface area contributed by atoms with E-state index in [-0.39, 0.29) is 24.7 Å². The number of carboxylic acids is 1. The van der Waals surface area contributed by atoms with Crippen LogP contribution in [0.25, 0.3) is 0 Å². The molecular weight excluding hydrogens is 270 g/mol. The first-order valence-electron chi connectivity index (χ1n) is 7.19. The van der Waals surface area contributed by atoms with E-state index < -0.39 is 5.97 Å². The van der Waals surface area contributed by atoms with Gasteiger partial charge in [0.15, 0.2) is 0 Å². The summed E-state index contributed by atoms with van der Waals surface area (Å²) in [5.41, 5.74) is 1.11. The summed E-state index contributed by atoms with van der Waals surface area (Å²) in [4.78, 5) is 22.3. The van der Waals surface area contributed by atoms with Crippen molar-refractivity contribution >= 4 is 11.9 Å². The quantitative estimate of drug-likeness (QED) is 0.733. The Morgan fingerprint density at radius 2 is 2.14 bits per heavy atom. The average Bonchev–Trinajstić information content (AvgIpc) is 2.43. The zero-order valence-electron chi connectivity index (χ0n) is 12.6. The first kappa shape index (κ1) is 17.0. The Labute approximate surface area is 125 Å². The lowest BCUT2D eigenvalue weighted by atomic mass is 10.0. The molecule has 1 rings (SSSR count). The Kier molecular flexibility index (Phi) is 7.29. The average molecular weight is 293 g/mol. The van der Waals surface area contributed by atoms with Crippen LogP contribution >= 0.6 is 0 Å². The lowest BCUT2D eigenvalue weighted by molar-refractivity contribution is -0.138. The number of aryl methyl sites for hydroxylation is 1. The van der Waals surface area contributed by atoms with Gasteiger partial charge in [-0.15, -0.1) is 0 Å². The number of carboxylic acid groups (broad SMARTS) is 1. The molecule has 0 heterocycles. The molecular formula is C16H23NO4. The van der Waals surface area contributed by atoms with Gasteiger partial charge in [-0.25, -0.2) is 0 Å². The molecule has 21 heavy (non-hydrogen) atoms. The lowest BCUT2D eigenvalue weighted by Crippen LogP contribution is -2.31. The van der Waals surface area contributed by atoms with Crippen LogP contribution in [0.1, 0.15) is 31.7 Å². The van der Waals surface area contributed by atoms with Crippen LogP contribution in [0.2, 0.25) is 0 Å². The van der Waals surface area contributed by atoms with Crippen molar-refractivity contribution in [1.29, 1.82) is 0 Å². The second kappa shape index (κ2) is 9.00. The summed E-state index contributed by atoms with van der Waals surface area (Å²) in [6.45, 7) is 4.60. The van der Waals surface area contributed by atoms with Gasteiger partial charge in [-0.3, -0.25) is 9.59 Å². The van der Waals surface area contributed by atoms with Crippen molar-refractivity contribution < 1.29 is 19.4 Å². The van der Waals surface area contributed by atoms with Crippen LogP contribution in [0.3, 0.4) is 0 Å². The van der Waals surface area contributed by atoms with Crippen LogP contribution in [0, 0.1) is 12.8 Å². The molecule has 0 aliphatic rings. The Morgan fingerprint density at radius 1 is 1.38 bits per heavy atom. The normalized spacial score (nSPS) is 11.7. The number of ether oxygens (including phenoxy) is 1. The Morgan fingerprint density at radius 3 is 2.76 bits per heavy atom. The highest BCUT2D eigenvalue weighted by Gasteiger charge is 2.12. The van der Waals surface area contributed by atoms with Crippen LogP contribution in [0.4, 0.5) is 0 Å². The molecule has 1 aromatic rings. The second-order valence-electron chi connectivity index (χ2n) is 5.09. The highest BCUT2D eigenvalue weighted by atomic mass is 16.5. The number of amides is 1. The third-order valence-electron chi connectivity index (χ3n) is 3.22. The molecule has 0 radical (unpaired) electrons. The zero-order valence-corrected chi connectivity index (χ0v) is 12.6. The van der Waals surface area contributed by atoms with E-state index in [4.69, 9.17) is 9.84 Å². The molecule has 1 amide bonds. The van der Waals surface area contributed by atoms with Crippen molar-refractivity contribution in [3.05, 3.63) is 29.8 Å². The number of hydrogen-bond acceptors (Lipinski definition) is 3. The molecule has 0 fully saturated rings. The van der Waals surface area contributed by atoms with Crippen molar-refractivity contribution in [2.45, 2.75) is 33.1 Å². The first-order chi connectivity index (χ1) is 10.0. The number of carbonyl (C=O) groups is 2. The number of hydrogen-bond donors (Lipinski definition) is 2. The minimum atomic E-state index is -0.834. The fourth-order valence-electron chi connectivity index (χ4n) is 1.92. The number of nitrogens with one attached hydrogen (secondary N) is 1. The van der Waals surface area contributed by atoms with Gasteiger partial charge in [-0.05, 0) is 30.5 Å². The minimum absolute atomic E-state index is 0.0239. The van der Waals surface area contributed by atoms with Gasteiger partial charge < -0.3 is 15.2 Å². The fraction of sp³-hybridized carbons (Fsp3) is 0.500. The van der Waals surface area contributed by atoms with Crippen LogP contribution in [0.15, 0.2) is 24.3 Å². The maximum Gasteiger partial charge on any atom is 0.303 e. The predicted octanol–water partition coefficient (Wildman–Crippen LogP) is 2.38. The largest absolute Gasteiger partial charge is 0.493 e. The van der Waals surface area contributed by atoms with E-state index >= 15 is 0 Å². The molecule has 1 atom stereocenters. The maximum atomic E-state index is 11.7. The first-order valence-corrected chi connectivity index (χ1v) is 7.19. The third-order valence-corrected chi connectivity index (χ3v) is 3.22. The number of aliphatic carboxylic acids is 1. The molecule has 0 aliphatic carbocycles. The van der Waals surface area contributed by atoms with Gasteiger partial charge >= 0.3 is 5.97 Å². The van der Waals surface area contributed by atoms with E-state index in [2.05, 4.69) is 5.32 Å². The molecule has 1 aromatic carbocycles. The van der Waals surface area contributed by atoms with E-state index in [1.54, 1.807) is 0 Å². The van der Waals surface area contributed by atoms with E-state index in [1.807, 2.05) is 38.1 Å².